The van der Waals surface area contributed by atoms with E-state index in [1.165, 1.54) is 6.26 Å². The molecule has 2 heterocycles. The van der Waals surface area contributed by atoms with E-state index in [-0.39, 0.29) is 11.8 Å². The Morgan fingerprint density at radius 1 is 1.56 bits per heavy atom. The first-order valence-corrected chi connectivity index (χ1v) is 5.45. The molecule has 0 N–H and O–H groups in total. The Labute approximate surface area is 94.5 Å². The van der Waals surface area contributed by atoms with Crippen LogP contribution in [0.1, 0.15) is 29.0 Å². The number of aryl methyl sites for hydroxylation is 1. The number of piperidine rings is 1. The second kappa shape index (κ2) is 4.40. The van der Waals surface area contributed by atoms with Crippen LogP contribution in [0.15, 0.2) is 16.7 Å². The summed E-state index contributed by atoms with van der Waals surface area (Å²) in [5, 5.41) is 8.77. The smallest absolute Gasteiger partial charge is 0.289 e. The van der Waals surface area contributed by atoms with Crippen LogP contribution < -0.4 is 0 Å². The van der Waals surface area contributed by atoms with Gasteiger partial charge in [0.1, 0.15) is 0 Å². The molecule has 4 heteroatoms. The molecule has 1 aliphatic heterocycles. The Bertz CT molecular complexity index is 422. The number of likely N-dealkylation sites (tertiary alicyclic amines) is 1. The molecule has 0 saturated carbocycles. The summed E-state index contributed by atoms with van der Waals surface area (Å²) in [6, 6.07) is 4.04. The first-order chi connectivity index (χ1) is 7.72. The molecule has 1 saturated heterocycles. The molecule has 16 heavy (non-hydrogen) atoms. The number of rotatable bonds is 1. The van der Waals surface area contributed by atoms with E-state index in [1.54, 1.807) is 11.0 Å². The molecule has 0 aliphatic carbocycles. The number of carbonyl (C=O) groups excluding carboxylic acids is 1. The van der Waals surface area contributed by atoms with Crippen LogP contribution in [0.4, 0.5) is 0 Å². The van der Waals surface area contributed by atoms with E-state index in [4.69, 9.17) is 9.68 Å². The fourth-order valence-corrected chi connectivity index (χ4v) is 1.95. The van der Waals surface area contributed by atoms with E-state index in [1.807, 2.05) is 6.92 Å². The van der Waals surface area contributed by atoms with Crippen molar-refractivity contribution in [2.24, 2.45) is 5.92 Å². The number of hydrogen-bond donors (Lipinski definition) is 0. The molecule has 0 bridgehead atoms. The molecule has 4 nitrogen and oxygen atoms in total. The summed E-state index contributed by atoms with van der Waals surface area (Å²) >= 11 is 0. The lowest BCUT2D eigenvalue weighted by atomic mass is 9.98. The lowest BCUT2D eigenvalue weighted by Crippen LogP contribution is -2.38. The molecule has 0 spiro atoms. The zero-order valence-electron chi connectivity index (χ0n) is 9.27. The largest absolute Gasteiger partial charge is 0.459 e. The summed E-state index contributed by atoms with van der Waals surface area (Å²) < 4.78 is 5.18. The van der Waals surface area contributed by atoms with Crippen LogP contribution >= 0.6 is 0 Å². The number of carbonyl (C=O) groups is 1. The SMILES string of the molecule is Cc1ccoc1C(=O)N1CCC(C#N)CC1. The predicted molar refractivity (Wildman–Crippen MR) is 57.7 cm³/mol. The molecule has 1 aliphatic rings. The second-order valence-corrected chi connectivity index (χ2v) is 4.13. The van der Waals surface area contributed by atoms with Crippen LogP contribution in [0.3, 0.4) is 0 Å². The number of furan rings is 1. The monoisotopic (exact) mass is 218 g/mol. The fourth-order valence-electron chi connectivity index (χ4n) is 1.95. The van der Waals surface area contributed by atoms with Gasteiger partial charge in [-0.3, -0.25) is 4.79 Å². The van der Waals surface area contributed by atoms with E-state index < -0.39 is 0 Å². The van der Waals surface area contributed by atoms with Crippen molar-refractivity contribution in [2.75, 3.05) is 13.1 Å². The molecule has 0 radical (unpaired) electrons. The normalized spacial score (nSPS) is 17.1. The number of amides is 1. The van der Waals surface area contributed by atoms with Gasteiger partial charge in [0.05, 0.1) is 12.3 Å². The van der Waals surface area contributed by atoms with Gasteiger partial charge in [0.25, 0.3) is 5.91 Å². The van der Waals surface area contributed by atoms with Crippen molar-refractivity contribution in [3.63, 3.8) is 0 Å². The molecule has 2 rings (SSSR count). The fraction of sp³-hybridized carbons (Fsp3) is 0.500. The van der Waals surface area contributed by atoms with Gasteiger partial charge in [-0.2, -0.15) is 5.26 Å². The van der Waals surface area contributed by atoms with Crippen molar-refractivity contribution in [3.05, 3.63) is 23.7 Å². The van der Waals surface area contributed by atoms with Gasteiger partial charge in [0.15, 0.2) is 5.76 Å². The van der Waals surface area contributed by atoms with Crippen LogP contribution in [-0.2, 0) is 0 Å². The summed E-state index contributed by atoms with van der Waals surface area (Å²) in [6.45, 7) is 3.16. The molecule has 84 valence electrons. The highest BCUT2D eigenvalue weighted by Crippen LogP contribution is 2.19. The zero-order chi connectivity index (χ0) is 11.5. The van der Waals surface area contributed by atoms with Crippen molar-refractivity contribution < 1.29 is 9.21 Å². The minimum Gasteiger partial charge on any atom is -0.459 e. The maximum Gasteiger partial charge on any atom is 0.289 e. The van der Waals surface area contributed by atoms with Gasteiger partial charge >= 0.3 is 0 Å². The van der Waals surface area contributed by atoms with Gasteiger partial charge in [0.2, 0.25) is 0 Å². The second-order valence-electron chi connectivity index (χ2n) is 4.13. The van der Waals surface area contributed by atoms with Crippen LogP contribution in [0, 0.1) is 24.2 Å². The van der Waals surface area contributed by atoms with Crippen LogP contribution in [0.2, 0.25) is 0 Å². The van der Waals surface area contributed by atoms with Gasteiger partial charge in [-0.25, -0.2) is 0 Å². The van der Waals surface area contributed by atoms with E-state index in [0.717, 1.165) is 18.4 Å². The van der Waals surface area contributed by atoms with Gasteiger partial charge in [-0.1, -0.05) is 0 Å². The Morgan fingerprint density at radius 3 is 2.75 bits per heavy atom. The van der Waals surface area contributed by atoms with Crippen molar-refractivity contribution in [3.8, 4) is 6.07 Å². The standard InChI is InChI=1S/C12H14N2O2/c1-9-4-7-16-11(9)12(15)14-5-2-10(8-13)3-6-14/h4,7,10H,2-3,5-6H2,1H3. The van der Waals surface area contributed by atoms with Crippen molar-refractivity contribution >= 4 is 5.91 Å². The van der Waals surface area contributed by atoms with Crippen LogP contribution in [-0.4, -0.2) is 23.9 Å². The summed E-state index contributed by atoms with van der Waals surface area (Å²) in [7, 11) is 0. The summed E-state index contributed by atoms with van der Waals surface area (Å²) in [5.74, 6) is 0.469. The first-order valence-electron chi connectivity index (χ1n) is 5.45. The molecule has 0 unspecified atom stereocenters. The molecular formula is C12H14N2O2. The number of hydrogen-bond acceptors (Lipinski definition) is 3. The van der Waals surface area contributed by atoms with Crippen LogP contribution in [0.5, 0.6) is 0 Å². The average Bonchev–Trinajstić information content (AvgIpc) is 2.75. The molecule has 0 atom stereocenters. The number of nitrogens with zero attached hydrogens (tertiary/aromatic N) is 2. The Balaban J connectivity index is 2.03. The molecule has 1 fully saturated rings. The van der Waals surface area contributed by atoms with Crippen molar-refractivity contribution in [1.82, 2.24) is 4.90 Å². The van der Waals surface area contributed by atoms with Crippen molar-refractivity contribution in [1.29, 1.82) is 5.26 Å². The Morgan fingerprint density at radius 2 is 2.25 bits per heavy atom. The highest BCUT2D eigenvalue weighted by molar-refractivity contribution is 5.92. The van der Waals surface area contributed by atoms with Gasteiger partial charge in [-0.15, -0.1) is 0 Å². The molecule has 1 aromatic rings. The summed E-state index contributed by atoms with van der Waals surface area (Å²) in [5.41, 5.74) is 0.868. The third-order valence-corrected chi connectivity index (χ3v) is 3.02. The quantitative estimate of drug-likeness (QED) is 0.724. The predicted octanol–water partition coefficient (Wildman–Crippen LogP) is 1.96. The maximum absolute atomic E-state index is 12.0. The van der Waals surface area contributed by atoms with E-state index in [0.29, 0.717) is 18.8 Å². The average molecular weight is 218 g/mol. The van der Waals surface area contributed by atoms with E-state index in [9.17, 15) is 4.79 Å². The summed E-state index contributed by atoms with van der Waals surface area (Å²) in [4.78, 5) is 13.8. The Kier molecular flexibility index (Phi) is 2.95. The van der Waals surface area contributed by atoms with Gasteiger partial charge in [-0.05, 0) is 25.8 Å². The summed E-state index contributed by atoms with van der Waals surface area (Å²) in [6.07, 6.45) is 3.06. The van der Waals surface area contributed by atoms with Crippen LogP contribution in [0.25, 0.3) is 0 Å². The van der Waals surface area contributed by atoms with E-state index >= 15 is 0 Å². The van der Waals surface area contributed by atoms with Gasteiger partial charge < -0.3 is 9.32 Å². The minimum atomic E-state index is -0.0566. The number of nitriles is 1. The molecule has 0 aromatic carbocycles. The van der Waals surface area contributed by atoms with E-state index in [2.05, 4.69) is 6.07 Å². The van der Waals surface area contributed by atoms with Crippen molar-refractivity contribution in [2.45, 2.75) is 19.8 Å². The molecular weight excluding hydrogens is 204 g/mol. The topological polar surface area (TPSA) is 57.2 Å². The maximum atomic E-state index is 12.0. The lowest BCUT2D eigenvalue weighted by Gasteiger charge is -2.28. The third-order valence-electron chi connectivity index (χ3n) is 3.02. The third kappa shape index (κ3) is 1.94. The highest BCUT2D eigenvalue weighted by Gasteiger charge is 2.25. The molecule has 1 aromatic heterocycles. The highest BCUT2D eigenvalue weighted by atomic mass is 16.3. The lowest BCUT2D eigenvalue weighted by molar-refractivity contribution is 0.0674. The minimum absolute atomic E-state index is 0.0566. The van der Waals surface area contributed by atoms with Gasteiger partial charge in [0, 0.05) is 24.6 Å². The Hall–Kier alpha value is -1.76. The zero-order valence-corrected chi connectivity index (χ0v) is 9.27. The first kappa shape index (κ1) is 10.7. The molecule has 1 amide bonds.